The van der Waals surface area contributed by atoms with Crippen molar-refractivity contribution in [3.63, 3.8) is 0 Å². The minimum absolute atomic E-state index is 0.0949. The molecule has 9 atom stereocenters. The van der Waals surface area contributed by atoms with Crippen molar-refractivity contribution in [1.82, 2.24) is 15.5 Å². The second-order valence-corrected chi connectivity index (χ2v) is 19.7. The molecule has 5 aliphatic rings. The van der Waals surface area contributed by atoms with E-state index in [2.05, 4.69) is 42.7 Å². The number of nitrogens with zero attached hydrogens (tertiary/aromatic N) is 1. The SMILES string of the molecule is CCC(C)(C)C(=O)O[C@H]1C[C@@H](C)C=C2C=C[C@H](C)[C@H](CC[C@@H]3C[C@@H](O)CC(=O)O3)[C@H]21.CNCCC(Oc1ccc(C(F)(F)F)cc1)c1ccccc1.O=C1CCC(N2C(=O)c3ccccc3C2=O)C(=O)N1. The van der Waals surface area contributed by atoms with Crippen molar-refractivity contribution in [2.75, 3.05) is 13.6 Å². The predicted octanol–water partition coefficient (Wildman–Crippen LogP) is 9.11. The molecule has 0 radical (unpaired) electrons. The zero-order valence-corrected chi connectivity index (χ0v) is 41.2. The van der Waals surface area contributed by atoms with Crippen LogP contribution in [-0.4, -0.2) is 83.5 Å². The van der Waals surface area contributed by atoms with Crippen LogP contribution in [0.4, 0.5) is 13.2 Å². The number of hydrogen-bond acceptors (Lipinski definition) is 11. The maximum Gasteiger partial charge on any atom is 0.416 e. The third kappa shape index (κ3) is 13.8. The number of esters is 2. The summed E-state index contributed by atoms with van der Waals surface area (Å²) in [7, 11) is 1.85. The number of aliphatic hydroxyl groups excluding tert-OH is 1. The quantitative estimate of drug-likeness (QED) is 0.110. The van der Waals surface area contributed by atoms with Crippen molar-refractivity contribution < 1.29 is 61.3 Å². The lowest BCUT2D eigenvalue weighted by Crippen LogP contribution is -2.54. The van der Waals surface area contributed by atoms with Crippen LogP contribution in [0.15, 0.2) is 103 Å². The van der Waals surface area contributed by atoms with E-state index in [-0.39, 0.29) is 61.3 Å². The number of piperidine rings is 1. The molecule has 3 aromatic rings. The Morgan fingerprint density at radius 1 is 0.915 bits per heavy atom. The summed E-state index contributed by atoms with van der Waals surface area (Å²) in [4.78, 5) is 72.7. The molecule has 0 bridgehead atoms. The number of ether oxygens (including phenoxy) is 3. The first-order chi connectivity index (χ1) is 33.7. The van der Waals surface area contributed by atoms with E-state index < -0.39 is 47.0 Å². The molecule has 16 heteroatoms. The van der Waals surface area contributed by atoms with Crippen LogP contribution in [0.3, 0.4) is 0 Å². The van der Waals surface area contributed by atoms with Crippen LogP contribution in [0.1, 0.15) is 130 Å². The van der Waals surface area contributed by atoms with Crippen LogP contribution >= 0.6 is 0 Å². The molecule has 3 N–H and O–H groups in total. The van der Waals surface area contributed by atoms with Gasteiger partial charge in [0.1, 0.15) is 30.1 Å². The fraction of sp³-hybridized carbons (Fsp3) is 0.491. The summed E-state index contributed by atoms with van der Waals surface area (Å²) in [5, 5.41) is 15.1. The number of carbonyl (C=O) groups excluding carboxylic acids is 6. The largest absolute Gasteiger partial charge is 0.486 e. The highest BCUT2D eigenvalue weighted by Gasteiger charge is 2.45. The fourth-order valence-corrected chi connectivity index (χ4v) is 9.62. The number of benzene rings is 3. The number of imide groups is 2. The minimum atomic E-state index is -4.33. The molecule has 3 aliphatic heterocycles. The van der Waals surface area contributed by atoms with E-state index in [4.69, 9.17) is 14.2 Å². The highest BCUT2D eigenvalue weighted by atomic mass is 19.4. The van der Waals surface area contributed by atoms with Gasteiger partial charge in [0.2, 0.25) is 11.8 Å². The van der Waals surface area contributed by atoms with Crippen molar-refractivity contribution in [1.29, 1.82) is 0 Å². The lowest BCUT2D eigenvalue weighted by Gasteiger charge is -2.44. The lowest BCUT2D eigenvalue weighted by atomic mass is 9.65. The molecule has 0 spiro atoms. The Labute approximate surface area is 413 Å². The molecule has 0 aromatic heterocycles. The number of amides is 4. The Morgan fingerprint density at radius 2 is 1.56 bits per heavy atom. The standard InChI is InChI=1S/C25H38O5.C17H18F3NO.C13H10N2O4/c1-6-25(4,5)24(28)30-21-12-15(2)11-17-8-7-16(3)20(23(17)21)10-9-19-13-18(26)14-22(27)29-19;1-21-12-11-16(13-5-3-2-4-6-13)22-15-9-7-14(8-10-15)17(18,19)20;16-10-6-5-9(11(17)14-10)15-12(18)7-3-1-2-4-8(7)13(15)19/h7-8,11,15-16,18-21,23,26H,6,9-10,12-14H2,1-5H3;2-10,16,21H,11-12H2,1H3;1-4,9H,5-6H2,(H,14,16,17)/t15-,16-,18+,19+,20-,21-,23-;;/m0../s1. The van der Waals surface area contributed by atoms with Gasteiger partial charge in [0.15, 0.2) is 0 Å². The highest BCUT2D eigenvalue weighted by Crippen LogP contribution is 2.46. The molecular weight excluding hydrogens is 920 g/mol. The summed E-state index contributed by atoms with van der Waals surface area (Å²) >= 11 is 0. The number of rotatable bonds is 13. The monoisotopic (exact) mass is 985 g/mol. The number of alkyl halides is 3. The zero-order chi connectivity index (χ0) is 51.6. The first-order valence-corrected chi connectivity index (χ1v) is 24.5. The Morgan fingerprint density at radius 3 is 2.15 bits per heavy atom. The number of hydrogen-bond donors (Lipinski definition) is 3. The van der Waals surface area contributed by atoms with Gasteiger partial charge in [0.25, 0.3) is 11.8 Å². The van der Waals surface area contributed by atoms with Crippen LogP contribution in [0.5, 0.6) is 5.75 Å². The summed E-state index contributed by atoms with van der Waals surface area (Å²) in [6.07, 6.45) is 6.11. The zero-order valence-electron chi connectivity index (χ0n) is 41.2. The molecular formula is C55H66F3N3O10. The van der Waals surface area contributed by atoms with E-state index in [0.29, 0.717) is 41.1 Å². The fourth-order valence-electron chi connectivity index (χ4n) is 9.62. The molecule has 0 saturated carbocycles. The molecule has 8 rings (SSSR count). The molecule has 13 nitrogen and oxygen atoms in total. The van der Waals surface area contributed by atoms with Crippen LogP contribution in [0, 0.1) is 29.1 Å². The van der Waals surface area contributed by atoms with Crippen LogP contribution < -0.4 is 15.4 Å². The second kappa shape index (κ2) is 23.9. The molecule has 2 fully saturated rings. The molecule has 382 valence electrons. The van der Waals surface area contributed by atoms with E-state index in [0.717, 1.165) is 61.2 Å². The number of cyclic esters (lactones) is 1. The van der Waals surface area contributed by atoms with Gasteiger partial charge in [-0.3, -0.25) is 39.0 Å². The number of carbonyl (C=O) groups is 6. The Balaban J connectivity index is 0.000000180. The average molecular weight is 986 g/mol. The molecule has 4 amide bonds. The van der Waals surface area contributed by atoms with Crippen molar-refractivity contribution in [2.45, 2.75) is 129 Å². The second-order valence-electron chi connectivity index (χ2n) is 19.7. The van der Waals surface area contributed by atoms with Gasteiger partial charge in [-0.2, -0.15) is 13.2 Å². The smallest absolute Gasteiger partial charge is 0.416 e. The average Bonchev–Trinajstić information content (AvgIpc) is 3.58. The molecule has 71 heavy (non-hydrogen) atoms. The van der Waals surface area contributed by atoms with E-state index in [1.807, 2.05) is 58.2 Å². The number of fused-ring (bicyclic) bond motifs is 2. The molecule has 2 aliphatic carbocycles. The Kier molecular flexibility index (Phi) is 18.2. The maximum atomic E-state index is 12.9. The summed E-state index contributed by atoms with van der Waals surface area (Å²) in [5.74, 6) is -0.718. The number of aliphatic hydroxyl groups is 1. The predicted molar refractivity (Wildman–Crippen MR) is 258 cm³/mol. The van der Waals surface area contributed by atoms with Gasteiger partial charge in [-0.25, -0.2) is 0 Å². The van der Waals surface area contributed by atoms with Crippen LogP contribution in [-0.2, 0) is 34.8 Å². The van der Waals surface area contributed by atoms with Gasteiger partial charge in [0, 0.05) is 25.2 Å². The molecule has 2 unspecified atom stereocenters. The Bertz CT molecular complexity index is 2400. The maximum absolute atomic E-state index is 12.9. The lowest BCUT2D eigenvalue weighted by molar-refractivity contribution is -0.166. The van der Waals surface area contributed by atoms with Crippen LogP contribution in [0.25, 0.3) is 0 Å². The summed E-state index contributed by atoms with van der Waals surface area (Å²) < 4.78 is 55.2. The summed E-state index contributed by atoms with van der Waals surface area (Å²) in [6.45, 7) is 11.1. The first kappa shape index (κ1) is 54.2. The van der Waals surface area contributed by atoms with E-state index in [1.54, 1.807) is 24.3 Å². The molecule has 3 heterocycles. The number of allylic oxidation sites excluding steroid dienone is 3. The van der Waals surface area contributed by atoms with Crippen molar-refractivity contribution >= 4 is 35.6 Å². The van der Waals surface area contributed by atoms with Gasteiger partial charge < -0.3 is 24.6 Å². The first-order valence-electron chi connectivity index (χ1n) is 24.5. The van der Waals surface area contributed by atoms with Gasteiger partial charge in [-0.05, 0) is 125 Å². The topological polar surface area (TPSA) is 178 Å². The van der Waals surface area contributed by atoms with Crippen LogP contribution in [0.2, 0.25) is 0 Å². The van der Waals surface area contributed by atoms with Crippen molar-refractivity contribution in [2.24, 2.45) is 29.1 Å². The van der Waals surface area contributed by atoms with Gasteiger partial charge in [-0.1, -0.05) is 81.5 Å². The summed E-state index contributed by atoms with van der Waals surface area (Å²) in [6, 6.07) is 20.0. The van der Waals surface area contributed by atoms with E-state index in [9.17, 15) is 47.0 Å². The normalized spacial score (nSPS) is 25.5. The van der Waals surface area contributed by atoms with Gasteiger partial charge in [-0.15, -0.1) is 0 Å². The van der Waals surface area contributed by atoms with Gasteiger partial charge in [0.05, 0.1) is 34.6 Å². The van der Waals surface area contributed by atoms with Gasteiger partial charge >= 0.3 is 18.1 Å². The Hall–Kier alpha value is -6.13. The van der Waals surface area contributed by atoms with E-state index in [1.165, 1.54) is 17.7 Å². The van der Waals surface area contributed by atoms with Crippen molar-refractivity contribution in [3.05, 3.63) is 125 Å². The molecule has 3 aromatic carbocycles. The third-order valence-electron chi connectivity index (χ3n) is 14.0. The minimum Gasteiger partial charge on any atom is -0.486 e. The summed E-state index contributed by atoms with van der Waals surface area (Å²) in [5.41, 5.74) is 1.71. The number of halogens is 3. The van der Waals surface area contributed by atoms with Crippen molar-refractivity contribution in [3.8, 4) is 5.75 Å². The third-order valence-corrected chi connectivity index (χ3v) is 14.0. The highest BCUT2D eigenvalue weighted by molar-refractivity contribution is 6.23. The van der Waals surface area contributed by atoms with E-state index >= 15 is 0 Å². The molecule has 2 saturated heterocycles. The number of nitrogens with one attached hydrogen (secondary N) is 2.